The van der Waals surface area contributed by atoms with Crippen LogP contribution in [-0.2, 0) is 4.79 Å². The Hall–Kier alpha value is -4.84. The Kier molecular flexibility index (Phi) is 6.39. The third kappa shape index (κ3) is 4.31. The average molecular weight is 535 g/mol. The van der Waals surface area contributed by atoms with Crippen molar-refractivity contribution in [1.29, 1.82) is 0 Å². The van der Waals surface area contributed by atoms with Crippen molar-refractivity contribution in [3.8, 4) is 16.9 Å². The van der Waals surface area contributed by atoms with Crippen LogP contribution in [0.4, 0.5) is 15.8 Å². The van der Waals surface area contributed by atoms with Gasteiger partial charge in [-0.2, -0.15) is 5.10 Å². The molecule has 2 aliphatic rings. The van der Waals surface area contributed by atoms with Gasteiger partial charge in [0.25, 0.3) is 5.91 Å². The number of piperidine rings is 1. The molecule has 0 radical (unpaired) electrons. The molecule has 0 atom stereocenters. The minimum Gasteiger partial charge on any atom is -0.358 e. The third-order valence-electron chi connectivity index (χ3n) is 8.04. The van der Waals surface area contributed by atoms with Gasteiger partial charge in [0.2, 0.25) is 0 Å². The monoisotopic (exact) mass is 534 g/mol. The molecule has 0 N–H and O–H groups in total. The molecule has 1 amide bonds. The maximum absolute atomic E-state index is 13.9. The van der Waals surface area contributed by atoms with Gasteiger partial charge < -0.3 is 9.80 Å². The lowest BCUT2D eigenvalue weighted by Gasteiger charge is -2.44. The minimum absolute atomic E-state index is 0.174. The van der Waals surface area contributed by atoms with E-state index in [9.17, 15) is 14.0 Å². The zero-order chi connectivity index (χ0) is 27.9. The number of hydrogen-bond acceptors (Lipinski definition) is 5. The number of nitrogens with zero attached hydrogens (tertiary/aromatic N) is 6. The number of benzene rings is 2. The van der Waals surface area contributed by atoms with E-state index in [0.717, 1.165) is 16.9 Å². The molecule has 0 saturated carbocycles. The molecule has 0 bridgehead atoms. The Balaban J connectivity index is 1.27. The van der Waals surface area contributed by atoms with Crippen molar-refractivity contribution in [3.63, 3.8) is 0 Å². The molecule has 2 saturated heterocycles. The largest absolute Gasteiger partial charge is 0.358 e. The van der Waals surface area contributed by atoms with Crippen molar-refractivity contribution < 1.29 is 14.0 Å². The van der Waals surface area contributed by atoms with E-state index in [1.54, 1.807) is 71.4 Å². The van der Waals surface area contributed by atoms with E-state index in [2.05, 4.69) is 19.8 Å². The van der Waals surface area contributed by atoms with Gasteiger partial charge in [-0.1, -0.05) is 12.1 Å². The first-order chi connectivity index (χ1) is 19.4. The number of likely N-dealkylation sites (tertiary alicyclic amines) is 1. The van der Waals surface area contributed by atoms with E-state index in [0.29, 0.717) is 61.5 Å². The van der Waals surface area contributed by atoms with Gasteiger partial charge in [0, 0.05) is 49.7 Å². The molecule has 2 aromatic heterocycles. The second kappa shape index (κ2) is 10.0. The third-order valence-corrected chi connectivity index (χ3v) is 8.04. The second-order valence-corrected chi connectivity index (χ2v) is 10.3. The number of amides is 1. The van der Waals surface area contributed by atoms with Crippen molar-refractivity contribution in [2.45, 2.75) is 31.7 Å². The van der Waals surface area contributed by atoms with E-state index < -0.39 is 5.54 Å². The topological polar surface area (TPSA) is 75.7 Å². The zero-order valence-corrected chi connectivity index (χ0v) is 22.0. The maximum Gasteiger partial charge on any atom is 0.274 e. The molecule has 2 fully saturated rings. The summed E-state index contributed by atoms with van der Waals surface area (Å²) in [6.45, 7) is 10.4. The lowest BCUT2D eigenvalue weighted by molar-refractivity contribution is -0.123. The molecule has 40 heavy (non-hydrogen) atoms. The summed E-state index contributed by atoms with van der Waals surface area (Å²) in [5.74, 6) is -0.296. The number of ketones is 1. The predicted octanol–water partition coefficient (Wildman–Crippen LogP) is 5.39. The van der Waals surface area contributed by atoms with Crippen LogP contribution < -0.4 is 4.90 Å². The fraction of sp³-hybridized carbons (Fsp3) is 0.258. The first-order valence-electron chi connectivity index (χ1n) is 13.2. The minimum atomic E-state index is -0.689. The SMILES string of the molecule is [C-]#[N+]c1ccc(-n2nc(C(=O)N3CCC4(CC3)C(=O)CCN4c3ccc(F)c(C)c3)cc2-c2cccnc2)cc1. The quantitative estimate of drug-likeness (QED) is 0.329. The van der Waals surface area contributed by atoms with Crippen LogP contribution in [0.15, 0.2) is 73.1 Å². The van der Waals surface area contributed by atoms with Gasteiger partial charge in [0.05, 0.1) is 18.0 Å². The van der Waals surface area contributed by atoms with Gasteiger partial charge in [-0.15, -0.1) is 0 Å². The molecule has 4 aromatic rings. The molecule has 0 aliphatic carbocycles. The van der Waals surface area contributed by atoms with E-state index in [4.69, 9.17) is 6.57 Å². The number of pyridine rings is 1. The molecule has 200 valence electrons. The maximum atomic E-state index is 13.9. The summed E-state index contributed by atoms with van der Waals surface area (Å²) in [6.07, 6.45) is 4.85. The summed E-state index contributed by atoms with van der Waals surface area (Å²) >= 11 is 0. The molecule has 1 spiro atoms. The summed E-state index contributed by atoms with van der Waals surface area (Å²) in [4.78, 5) is 38.4. The average Bonchev–Trinajstić information content (AvgIpc) is 3.57. The van der Waals surface area contributed by atoms with E-state index in [1.807, 2.05) is 12.1 Å². The standard InChI is InChI=1S/C31H27FN6O2/c1-21-18-25(9-10-26(21)32)37-15-11-29(39)31(37)12-16-36(17-13-31)30(40)27-19-28(22-4-3-14-34-20-22)38(35-27)24-7-5-23(33-2)6-8-24/h3-10,14,18-20H,11-13,15-17H2,1H3. The van der Waals surface area contributed by atoms with E-state index in [1.165, 1.54) is 6.07 Å². The summed E-state index contributed by atoms with van der Waals surface area (Å²) < 4.78 is 15.6. The molecule has 8 nitrogen and oxygen atoms in total. The molecule has 9 heteroatoms. The molecular formula is C31H27FN6O2. The number of aromatic nitrogens is 3. The number of Topliss-reactive ketones (excluding diaryl/α,β-unsaturated/α-hetero) is 1. The Morgan fingerprint density at radius 1 is 1.02 bits per heavy atom. The Bertz CT molecular complexity index is 1630. The first kappa shape index (κ1) is 25.4. The molecule has 4 heterocycles. The van der Waals surface area contributed by atoms with Gasteiger partial charge in [0.1, 0.15) is 11.4 Å². The van der Waals surface area contributed by atoms with Crippen LogP contribution in [0, 0.1) is 19.3 Å². The highest BCUT2D eigenvalue weighted by Crippen LogP contribution is 2.40. The van der Waals surface area contributed by atoms with E-state index in [-0.39, 0.29) is 17.5 Å². The van der Waals surface area contributed by atoms with Crippen LogP contribution in [-0.4, -0.2) is 56.5 Å². The number of carbonyl (C=O) groups excluding carboxylic acids is 2. The Morgan fingerprint density at radius 2 is 1.77 bits per heavy atom. The highest BCUT2D eigenvalue weighted by atomic mass is 19.1. The highest BCUT2D eigenvalue weighted by molar-refractivity contribution is 5.97. The zero-order valence-electron chi connectivity index (χ0n) is 22.0. The van der Waals surface area contributed by atoms with Crippen LogP contribution >= 0.6 is 0 Å². The molecular weight excluding hydrogens is 507 g/mol. The number of hydrogen-bond donors (Lipinski definition) is 0. The number of aryl methyl sites for hydroxylation is 1. The van der Waals surface area contributed by atoms with E-state index >= 15 is 0 Å². The van der Waals surface area contributed by atoms with Crippen LogP contribution in [0.1, 0.15) is 35.3 Å². The molecule has 6 rings (SSSR count). The van der Waals surface area contributed by atoms with Gasteiger partial charge in [0.15, 0.2) is 17.2 Å². The van der Waals surface area contributed by atoms with Gasteiger partial charge in [-0.05, 0) is 73.9 Å². The fourth-order valence-electron chi connectivity index (χ4n) is 5.84. The number of anilines is 1. The van der Waals surface area contributed by atoms with Gasteiger partial charge in [-0.3, -0.25) is 14.6 Å². The van der Waals surface area contributed by atoms with Crippen molar-refractivity contribution >= 4 is 23.1 Å². The van der Waals surface area contributed by atoms with Crippen molar-refractivity contribution in [2.75, 3.05) is 24.5 Å². The summed E-state index contributed by atoms with van der Waals surface area (Å²) in [6, 6.07) is 17.5. The summed E-state index contributed by atoms with van der Waals surface area (Å²) in [5, 5.41) is 4.68. The summed E-state index contributed by atoms with van der Waals surface area (Å²) in [7, 11) is 0. The van der Waals surface area contributed by atoms with Gasteiger partial charge >= 0.3 is 0 Å². The van der Waals surface area contributed by atoms with Crippen LogP contribution in [0.2, 0.25) is 0 Å². The van der Waals surface area contributed by atoms with Crippen molar-refractivity contribution in [1.82, 2.24) is 19.7 Å². The Labute approximate surface area is 231 Å². The molecule has 0 unspecified atom stereocenters. The first-order valence-corrected chi connectivity index (χ1v) is 13.2. The van der Waals surface area contributed by atoms with Crippen LogP contribution in [0.3, 0.4) is 0 Å². The number of rotatable bonds is 4. The molecule has 2 aromatic carbocycles. The Morgan fingerprint density at radius 3 is 2.45 bits per heavy atom. The molecule has 2 aliphatic heterocycles. The number of halogens is 1. The lowest BCUT2D eigenvalue weighted by Crippen LogP contribution is -2.56. The van der Waals surface area contributed by atoms with Gasteiger partial charge in [-0.25, -0.2) is 13.9 Å². The summed E-state index contributed by atoms with van der Waals surface area (Å²) in [5.41, 5.74) is 3.76. The van der Waals surface area contributed by atoms with Crippen molar-refractivity contribution in [2.24, 2.45) is 0 Å². The predicted molar refractivity (Wildman–Crippen MR) is 149 cm³/mol. The fourth-order valence-corrected chi connectivity index (χ4v) is 5.84. The number of carbonyl (C=O) groups is 2. The van der Waals surface area contributed by atoms with Crippen molar-refractivity contribution in [3.05, 3.63) is 102 Å². The second-order valence-electron chi connectivity index (χ2n) is 10.3. The highest BCUT2D eigenvalue weighted by Gasteiger charge is 2.50. The van der Waals surface area contributed by atoms with Crippen LogP contribution in [0.25, 0.3) is 21.8 Å². The van der Waals surface area contributed by atoms with Crippen LogP contribution in [0.5, 0.6) is 0 Å². The lowest BCUT2D eigenvalue weighted by atomic mass is 9.83. The smallest absolute Gasteiger partial charge is 0.274 e. The normalized spacial score (nSPS) is 16.4.